The van der Waals surface area contributed by atoms with Gasteiger partial charge in [-0.2, -0.15) is 0 Å². The van der Waals surface area contributed by atoms with Crippen molar-refractivity contribution in [3.05, 3.63) is 109 Å². The summed E-state index contributed by atoms with van der Waals surface area (Å²) in [5.41, 5.74) is 11.7. The molecule has 0 aliphatic heterocycles. The Labute approximate surface area is 217 Å². The summed E-state index contributed by atoms with van der Waals surface area (Å²) in [6.45, 7) is 8.61. The monoisotopic (exact) mass is 478 g/mol. The van der Waals surface area contributed by atoms with Crippen molar-refractivity contribution in [1.29, 1.82) is 0 Å². The van der Waals surface area contributed by atoms with Gasteiger partial charge in [-0.15, -0.1) is 0 Å². The van der Waals surface area contributed by atoms with Gasteiger partial charge < -0.3 is 9.13 Å². The minimum absolute atomic E-state index is 0.963. The molecule has 37 heavy (non-hydrogen) atoms. The molecule has 0 radical (unpaired) electrons. The van der Waals surface area contributed by atoms with E-state index in [1.165, 1.54) is 71.4 Å². The molecular formula is C35H30N2. The van der Waals surface area contributed by atoms with E-state index in [9.17, 15) is 0 Å². The van der Waals surface area contributed by atoms with E-state index in [2.05, 4.69) is 133 Å². The summed E-state index contributed by atoms with van der Waals surface area (Å²) in [7, 11) is 0. The lowest BCUT2D eigenvalue weighted by atomic mass is 9.90. The predicted molar refractivity (Wildman–Crippen MR) is 159 cm³/mol. The Hall–Kier alpha value is -4.30. The number of hydrogen-bond acceptors (Lipinski definition) is 0. The van der Waals surface area contributed by atoms with Gasteiger partial charge in [-0.3, -0.25) is 0 Å². The molecule has 0 N–H and O–H groups in total. The lowest BCUT2D eigenvalue weighted by molar-refractivity contribution is 0.827. The number of fused-ring (bicyclic) bond motifs is 6. The fourth-order valence-electron chi connectivity index (χ4n) is 6.40. The highest BCUT2D eigenvalue weighted by Crippen LogP contribution is 2.40. The Morgan fingerprint density at radius 3 is 1.59 bits per heavy atom. The Bertz CT molecular complexity index is 1970. The van der Waals surface area contributed by atoms with Crippen molar-refractivity contribution in [3.63, 3.8) is 0 Å². The van der Waals surface area contributed by atoms with Gasteiger partial charge in [0.1, 0.15) is 0 Å². The molecule has 2 nitrogen and oxygen atoms in total. The van der Waals surface area contributed by atoms with Gasteiger partial charge >= 0.3 is 0 Å². The number of aromatic nitrogens is 2. The molecule has 0 saturated carbocycles. The van der Waals surface area contributed by atoms with Gasteiger partial charge in [0, 0.05) is 56.7 Å². The van der Waals surface area contributed by atoms with E-state index < -0.39 is 0 Å². The lowest BCUT2D eigenvalue weighted by Gasteiger charge is -2.15. The van der Waals surface area contributed by atoms with Crippen LogP contribution >= 0.6 is 0 Å². The van der Waals surface area contributed by atoms with Gasteiger partial charge in [0.25, 0.3) is 0 Å². The quantitative estimate of drug-likeness (QED) is 0.238. The van der Waals surface area contributed by atoms with Crippen LogP contribution in [0.2, 0.25) is 0 Å². The zero-order valence-electron chi connectivity index (χ0n) is 21.6. The van der Waals surface area contributed by atoms with Gasteiger partial charge in [0.05, 0.1) is 0 Å². The minimum Gasteiger partial charge on any atom is -0.341 e. The molecule has 0 aliphatic rings. The number of para-hydroxylation sites is 2. The van der Waals surface area contributed by atoms with Gasteiger partial charge in [0.2, 0.25) is 0 Å². The molecule has 0 bridgehead atoms. The van der Waals surface area contributed by atoms with Gasteiger partial charge in [0.15, 0.2) is 0 Å². The Kier molecular flexibility index (Phi) is 4.97. The Balaban J connectivity index is 1.48. The summed E-state index contributed by atoms with van der Waals surface area (Å²) in [5.74, 6) is 0. The molecule has 0 unspecified atom stereocenters. The Morgan fingerprint density at radius 2 is 1.00 bits per heavy atom. The molecule has 2 heterocycles. The van der Waals surface area contributed by atoms with Crippen LogP contribution < -0.4 is 0 Å². The normalized spacial score (nSPS) is 11.9. The maximum Gasteiger partial charge on any atom is 0.0491 e. The summed E-state index contributed by atoms with van der Waals surface area (Å²) in [4.78, 5) is 0. The third-order valence-corrected chi connectivity index (χ3v) is 8.05. The van der Waals surface area contributed by atoms with Crippen molar-refractivity contribution in [2.75, 3.05) is 0 Å². The molecule has 7 rings (SSSR count). The molecule has 0 aliphatic carbocycles. The SMILES string of the molecule is CCn1c2ccccc2c2cc(-c3cccc(C)c3-c3ccc4c(c3)c3ccccc3n4CC)ccc21. The molecule has 0 amide bonds. The summed E-state index contributed by atoms with van der Waals surface area (Å²) in [6.07, 6.45) is 0. The maximum absolute atomic E-state index is 2.42. The van der Waals surface area contributed by atoms with Crippen LogP contribution in [-0.2, 0) is 13.1 Å². The topological polar surface area (TPSA) is 9.86 Å². The number of rotatable bonds is 4. The zero-order chi connectivity index (χ0) is 25.1. The van der Waals surface area contributed by atoms with Crippen LogP contribution in [0.25, 0.3) is 65.9 Å². The molecule has 0 fully saturated rings. The highest BCUT2D eigenvalue weighted by molar-refractivity contribution is 6.11. The first-order valence-electron chi connectivity index (χ1n) is 13.3. The van der Waals surface area contributed by atoms with E-state index >= 15 is 0 Å². The minimum atomic E-state index is 0.963. The molecule has 5 aromatic carbocycles. The van der Waals surface area contributed by atoms with E-state index in [1.54, 1.807) is 0 Å². The first-order valence-corrected chi connectivity index (χ1v) is 13.3. The lowest BCUT2D eigenvalue weighted by Crippen LogP contribution is -1.94. The highest BCUT2D eigenvalue weighted by Gasteiger charge is 2.16. The number of benzene rings is 5. The van der Waals surface area contributed by atoms with Crippen LogP contribution in [0.15, 0.2) is 103 Å². The van der Waals surface area contributed by atoms with Crippen LogP contribution in [0.5, 0.6) is 0 Å². The second-order valence-corrected chi connectivity index (χ2v) is 9.98. The molecule has 0 saturated heterocycles. The molecular weight excluding hydrogens is 448 g/mol. The molecule has 180 valence electrons. The molecule has 0 atom stereocenters. The average Bonchev–Trinajstić information content (AvgIpc) is 3.44. The first kappa shape index (κ1) is 21.9. The molecule has 2 aromatic heterocycles. The second-order valence-electron chi connectivity index (χ2n) is 9.98. The second kappa shape index (κ2) is 8.38. The molecule has 0 spiro atoms. The average molecular weight is 479 g/mol. The van der Waals surface area contributed by atoms with Crippen LogP contribution in [-0.4, -0.2) is 9.13 Å². The van der Waals surface area contributed by atoms with E-state index in [1.807, 2.05) is 0 Å². The predicted octanol–water partition coefficient (Wildman–Crippen LogP) is 9.58. The van der Waals surface area contributed by atoms with Crippen molar-refractivity contribution < 1.29 is 0 Å². The van der Waals surface area contributed by atoms with E-state index in [0.717, 1.165) is 13.1 Å². The van der Waals surface area contributed by atoms with E-state index in [-0.39, 0.29) is 0 Å². The fraction of sp³-hybridized carbons (Fsp3) is 0.143. The van der Waals surface area contributed by atoms with Gasteiger partial charge in [-0.25, -0.2) is 0 Å². The van der Waals surface area contributed by atoms with Crippen molar-refractivity contribution in [2.24, 2.45) is 0 Å². The van der Waals surface area contributed by atoms with Crippen LogP contribution in [0, 0.1) is 6.92 Å². The van der Waals surface area contributed by atoms with Crippen molar-refractivity contribution >= 4 is 43.6 Å². The molecule has 7 aromatic rings. The summed E-state index contributed by atoms with van der Waals surface area (Å²) in [6, 6.07) is 38.3. The summed E-state index contributed by atoms with van der Waals surface area (Å²) >= 11 is 0. The third kappa shape index (κ3) is 3.18. The summed E-state index contributed by atoms with van der Waals surface area (Å²) in [5, 5.41) is 5.30. The third-order valence-electron chi connectivity index (χ3n) is 8.05. The summed E-state index contributed by atoms with van der Waals surface area (Å²) < 4.78 is 4.84. The first-order chi connectivity index (χ1) is 18.2. The zero-order valence-corrected chi connectivity index (χ0v) is 21.6. The van der Waals surface area contributed by atoms with E-state index in [0.29, 0.717) is 0 Å². The fourth-order valence-corrected chi connectivity index (χ4v) is 6.40. The molecule has 2 heteroatoms. The van der Waals surface area contributed by atoms with Gasteiger partial charge in [-0.1, -0.05) is 66.7 Å². The van der Waals surface area contributed by atoms with Crippen LogP contribution in [0.1, 0.15) is 19.4 Å². The number of nitrogens with zero attached hydrogens (tertiary/aromatic N) is 2. The van der Waals surface area contributed by atoms with E-state index in [4.69, 9.17) is 0 Å². The largest absolute Gasteiger partial charge is 0.341 e. The van der Waals surface area contributed by atoms with Crippen molar-refractivity contribution in [2.45, 2.75) is 33.9 Å². The van der Waals surface area contributed by atoms with Crippen LogP contribution in [0.3, 0.4) is 0 Å². The highest BCUT2D eigenvalue weighted by atomic mass is 15.0. The van der Waals surface area contributed by atoms with Gasteiger partial charge in [-0.05, 0) is 85.0 Å². The van der Waals surface area contributed by atoms with Crippen molar-refractivity contribution in [3.8, 4) is 22.3 Å². The maximum atomic E-state index is 2.42. The Morgan fingerprint density at radius 1 is 0.486 bits per heavy atom. The van der Waals surface area contributed by atoms with Crippen molar-refractivity contribution in [1.82, 2.24) is 9.13 Å². The number of aryl methyl sites for hydroxylation is 3. The number of hydrogen-bond donors (Lipinski definition) is 0. The standard InChI is InChI=1S/C35H30N2/c1-4-36-31-15-8-6-12-27(31)29-21-24(17-19-33(29)36)26-14-10-11-23(3)35(26)25-18-20-34-30(22-25)28-13-7-9-16-32(28)37(34)5-2/h6-22H,4-5H2,1-3H3. The van der Waals surface area contributed by atoms with Crippen LogP contribution in [0.4, 0.5) is 0 Å². The smallest absolute Gasteiger partial charge is 0.0491 e.